The summed E-state index contributed by atoms with van der Waals surface area (Å²) in [5.41, 5.74) is 2.74. The molecule has 0 aliphatic rings. The van der Waals surface area contributed by atoms with Crippen LogP contribution in [-0.2, 0) is 14.6 Å². The fourth-order valence-corrected chi connectivity index (χ4v) is 4.15. The summed E-state index contributed by atoms with van der Waals surface area (Å²) >= 11 is 0. The molecule has 0 saturated heterocycles. The van der Waals surface area contributed by atoms with Gasteiger partial charge in [0, 0.05) is 30.9 Å². The third-order valence-corrected chi connectivity index (χ3v) is 6.36. The van der Waals surface area contributed by atoms with Crippen LogP contribution < -0.4 is 15.0 Å². The maximum absolute atomic E-state index is 12.4. The lowest BCUT2D eigenvalue weighted by Gasteiger charge is -2.22. The average molecular weight is 405 g/mol. The van der Waals surface area contributed by atoms with Gasteiger partial charge in [-0.15, -0.1) is 0 Å². The second kappa shape index (κ2) is 9.59. The number of hydrogen-bond donors (Lipinski definition) is 1. The summed E-state index contributed by atoms with van der Waals surface area (Å²) in [6, 6.07) is 12.0. The fraction of sp³-hybridized carbons (Fsp3) is 0.381. The Balaban J connectivity index is 1.99. The maximum atomic E-state index is 12.4. The summed E-state index contributed by atoms with van der Waals surface area (Å²) in [5.74, 6) is 0.0120. The van der Waals surface area contributed by atoms with Crippen molar-refractivity contribution >= 4 is 27.1 Å². The van der Waals surface area contributed by atoms with Crippen molar-refractivity contribution < 1.29 is 17.9 Å². The Bertz CT molecular complexity index is 905. The lowest BCUT2D eigenvalue weighted by atomic mass is 10.1. The molecule has 0 aliphatic carbocycles. The van der Waals surface area contributed by atoms with Crippen LogP contribution in [0.15, 0.2) is 47.4 Å². The highest BCUT2D eigenvalue weighted by molar-refractivity contribution is 7.91. The molecule has 7 heteroatoms. The van der Waals surface area contributed by atoms with E-state index in [0.717, 1.165) is 24.3 Å². The minimum absolute atomic E-state index is 0.106. The van der Waals surface area contributed by atoms with Crippen molar-refractivity contribution in [3.8, 4) is 5.75 Å². The van der Waals surface area contributed by atoms with E-state index in [1.807, 2.05) is 25.1 Å². The molecular weight excluding hydrogens is 376 g/mol. The summed E-state index contributed by atoms with van der Waals surface area (Å²) in [6.07, 6.45) is -0.106. The number of rotatable bonds is 9. The van der Waals surface area contributed by atoms with Crippen molar-refractivity contribution in [1.29, 1.82) is 0 Å². The van der Waals surface area contributed by atoms with E-state index in [1.54, 1.807) is 12.1 Å². The number of carbonyl (C=O) groups excluding carboxylic acids is 1. The Morgan fingerprint density at radius 1 is 1.07 bits per heavy atom. The molecule has 0 bridgehead atoms. The lowest BCUT2D eigenvalue weighted by Crippen LogP contribution is -2.22. The van der Waals surface area contributed by atoms with E-state index < -0.39 is 9.84 Å². The molecule has 0 heterocycles. The molecule has 0 spiro atoms. The number of carbonyl (C=O) groups is 1. The van der Waals surface area contributed by atoms with Crippen LogP contribution in [-0.4, -0.2) is 40.3 Å². The van der Waals surface area contributed by atoms with E-state index in [2.05, 4.69) is 24.1 Å². The molecule has 0 aromatic heterocycles. The predicted octanol–water partition coefficient (Wildman–Crippen LogP) is 3.65. The van der Waals surface area contributed by atoms with Gasteiger partial charge in [0.15, 0.2) is 9.84 Å². The smallest absolute Gasteiger partial charge is 0.225 e. The highest BCUT2D eigenvalue weighted by atomic mass is 32.2. The number of methoxy groups -OCH3 is 1. The normalized spacial score (nSPS) is 11.1. The van der Waals surface area contributed by atoms with Crippen molar-refractivity contribution in [2.75, 3.05) is 36.2 Å². The van der Waals surface area contributed by atoms with Gasteiger partial charge in [0.05, 0.1) is 17.8 Å². The van der Waals surface area contributed by atoms with Crippen LogP contribution in [0, 0.1) is 6.92 Å². The zero-order chi connectivity index (χ0) is 20.7. The first-order valence-electron chi connectivity index (χ1n) is 9.33. The average Bonchev–Trinajstić information content (AvgIpc) is 2.69. The minimum atomic E-state index is -3.53. The Morgan fingerprint density at radius 3 is 2.25 bits per heavy atom. The first kappa shape index (κ1) is 21.8. The topological polar surface area (TPSA) is 75.7 Å². The van der Waals surface area contributed by atoms with Gasteiger partial charge in [-0.25, -0.2) is 8.42 Å². The quantitative estimate of drug-likeness (QED) is 0.690. The van der Waals surface area contributed by atoms with Gasteiger partial charge in [-0.1, -0.05) is 0 Å². The molecule has 0 aliphatic heterocycles. The van der Waals surface area contributed by atoms with Crippen LogP contribution in [0.2, 0.25) is 0 Å². The van der Waals surface area contributed by atoms with Gasteiger partial charge in [0.1, 0.15) is 5.75 Å². The Hall–Kier alpha value is -2.54. The Kier molecular flexibility index (Phi) is 7.45. The molecule has 28 heavy (non-hydrogen) atoms. The van der Waals surface area contributed by atoms with Crippen LogP contribution in [0.5, 0.6) is 5.75 Å². The largest absolute Gasteiger partial charge is 0.497 e. The third kappa shape index (κ3) is 5.48. The first-order valence-corrected chi connectivity index (χ1v) is 11.0. The van der Waals surface area contributed by atoms with Gasteiger partial charge in [0.2, 0.25) is 5.91 Å². The molecule has 6 nitrogen and oxygen atoms in total. The van der Waals surface area contributed by atoms with E-state index in [4.69, 9.17) is 4.74 Å². The number of nitrogens with one attached hydrogen (secondary N) is 1. The SMILES string of the molecule is CCN(CC)c1ccc(NC(=O)CCS(=O)(=O)c2ccc(OC)cc2)c(C)c1. The molecule has 2 aromatic carbocycles. The van der Waals surface area contributed by atoms with Crippen molar-refractivity contribution in [1.82, 2.24) is 0 Å². The minimum Gasteiger partial charge on any atom is -0.497 e. The van der Waals surface area contributed by atoms with Crippen LogP contribution in [0.25, 0.3) is 0 Å². The number of ether oxygens (including phenoxy) is 1. The summed E-state index contributed by atoms with van der Waals surface area (Å²) in [5, 5.41) is 2.81. The summed E-state index contributed by atoms with van der Waals surface area (Å²) in [4.78, 5) is 14.7. The lowest BCUT2D eigenvalue weighted by molar-refractivity contribution is -0.115. The zero-order valence-electron chi connectivity index (χ0n) is 16.9. The molecule has 1 amide bonds. The number of amides is 1. The van der Waals surface area contributed by atoms with Crippen molar-refractivity contribution in [3.63, 3.8) is 0 Å². The van der Waals surface area contributed by atoms with E-state index >= 15 is 0 Å². The number of benzene rings is 2. The van der Waals surface area contributed by atoms with Gasteiger partial charge in [0.25, 0.3) is 0 Å². The number of nitrogens with zero attached hydrogens (tertiary/aromatic N) is 1. The van der Waals surface area contributed by atoms with Crippen LogP contribution in [0.3, 0.4) is 0 Å². The highest BCUT2D eigenvalue weighted by Crippen LogP contribution is 2.23. The van der Waals surface area contributed by atoms with Gasteiger partial charge >= 0.3 is 0 Å². The second-order valence-electron chi connectivity index (χ2n) is 6.46. The Morgan fingerprint density at radius 2 is 1.71 bits per heavy atom. The number of anilines is 2. The number of aryl methyl sites for hydroxylation is 1. The van der Waals surface area contributed by atoms with E-state index in [1.165, 1.54) is 19.2 Å². The third-order valence-electron chi connectivity index (χ3n) is 4.63. The molecule has 1 N–H and O–H groups in total. The molecule has 0 atom stereocenters. The molecule has 152 valence electrons. The number of hydrogen-bond acceptors (Lipinski definition) is 5. The number of sulfone groups is 1. The summed E-state index contributed by atoms with van der Waals surface area (Å²) in [7, 11) is -2.01. The molecule has 0 unspecified atom stereocenters. The Labute approximate surface area is 167 Å². The second-order valence-corrected chi connectivity index (χ2v) is 8.57. The van der Waals surface area contributed by atoms with Crippen molar-refractivity contribution in [2.24, 2.45) is 0 Å². The molecule has 0 radical (unpaired) electrons. The molecule has 2 rings (SSSR count). The van der Waals surface area contributed by atoms with Gasteiger partial charge in [-0.05, 0) is 68.8 Å². The van der Waals surface area contributed by atoms with Crippen LogP contribution in [0.4, 0.5) is 11.4 Å². The van der Waals surface area contributed by atoms with E-state index in [9.17, 15) is 13.2 Å². The van der Waals surface area contributed by atoms with Crippen molar-refractivity contribution in [2.45, 2.75) is 32.1 Å². The molecule has 2 aromatic rings. The van der Waals surface area contributed by atoms with Crippen LogP contribution in [0.1, 0.15) is 25.8 Å². The molecule has 0 fully saturated rings. The molecular formula is C21H28N2O4S. The van der Waals surface area contributed by atoms with Gasteiger partial charge < -0.3 is 15.0 Å². The maximum Gasteiger partial charge on any atom is 0.225 e. The summed E-state index contributed by atoms with van der Waals surface area (Å²) in [6.45, 7) is 7.93. The summed E-state index contributed by atoms with van der Waals surface area (Å²) < 4.78 is 29.9. The predicted molar refractivity (Wildman–Crippen MR) is 113 cm³/mol. The van der Waals surface area contributed by atoms with Crippen LogP contribution >= 0.6 is 0 Å². The monoisotopic (exact) mass is 404 g/mol. The van der Waals surface area contributed by atoms with E-state index in [-0.39, 0.29) is 23.0 Å². The van der Waals surface area contributed by atoms with Gasteiger partial charge in [-0.2, -0.15) is 0 Å². The first-order chi connectivity index (χ1) is 13.3. The van der Waals surface area contributed by atoms with E-state index in [0.29, 0.717) is 11.4 Å². The van der Waals surface area contributed by atoms with Gasteiger partial charge in [-0.3, -0.25) is 4.79 Å². The fourth-order valence-electron chi connectivity index (χ4n) is 2.91. The highest BCUT2D eigenvalue weighted by Gasteiger charge is 2.17. The van der Waals surface area contributed by atoms with Crippen molar-refractivity contribution in [3.05, 3.63) is 48.0 Å². The molecule has 0 saturated carbocycles. The standard InChI is InChI=1S/C21H28N2O4S/c1-5-23(6-2)17-7-12-20(16(3)15-17)22-21(24)13-14-28(25,26)19-10-8-18(27-4)9-11-19/h7-12,15H,5-6,13-14H2,1-4H3,(H,22,24). The zero-order valence-corrected chi connectivity index (χ0v) is 17.7.